The minimum absolute atomic E-state index is 0.0349. The smallest absolute Gasteiger partial charge is 0.322 e. The Morgan fingerprint density at radius 1 is 0.909 bits per heavy atom. The third kappa shape index (κ3) is 6.87. The maximum atomic E-state index is 13.9. The second-order valence-corrected chi connectivity index (χ2v) is 14.1. The van der Waals surface area contributed by atoms with Crippen LogP contribution in [-0.2, 0) is 17.8 Å². The molecule has 0 radical (unpaired) electrons. The number of nitrogens with one attached hydrogen (secondary N) is 2. The van der Waals surface area contributed by atoms with Crippen LogP contribution in [0.3, 0.4) is 0 Å². The summed E-state index contributed by atoms with van der Waals surface area (Å²) in [5, 5.41) is 16.3. The van der Waals surface area contributed by atoms with Crippen LogP contribution < -0.4 is 10.6 Å². The lowest BCUT2D eigenvalue weighted by molar-refractivity contribution is -0.135. The minimum Gasteiger partial charge on any atom is -0.506 e. The van der Waals surface area contributed by atoms with Crippen molar-refractivity contribution in [1.82, 2.24) is 24.9 Å². The average Bonchev–Trinajstić information content (AvgIpc) is 3.58. The number of rotatable bonds is 6. The van der Waals surface area contributed by atoms with Crippen molar-refractivity contribution in [3.63, 3.8) is 0 Å². The molecule has 12 heteroatoms. The summed E-state index contributed by atoms with van der Waals surface area (Å²) in [6.07, 6.45) is 6.69. The Labute approximate surface area is 275 Å². The van der Waals surface area contributed by atoms with Gasteiger partial charge in [0.05, 0.1) is 8.95 Å². The Balaban J connectivity index is 1.10. The number of nitrogens with zero attached hydrogens (tertiary/aromatic N) is 4. The number of hydrogen-bond acceptors (Lipinski definition) is 5. The van der Waals surface area contributed by atoms with Crippen molar-refractivity contribution in [3.05, 3.63) is 56.5 Å². The second kappa shape index (κ2) is 13.7. The zero-order valence-electron chi connectivity index (χ0n) is 24.8. The van der Waals surface area contributed by atoms with Crippen molar-refractivity contribution in [2.24, 2.45) is 0 Å². The fraction of sp³-hybridized carbons (Fsp3) is 0.531. The van der Waals surface area contributed by atoms with Gasteiger partial charge >= 0.3 is 12.1 Å². The van der Waals surface area contributed by atoms with Crippen LogP contribution in [0.2, 0.25) is 0 Å². The highest BCUT2D eigenvalue weighted by Gasteiger charge is 2.35. The number of piperidine rings is 1. The van der Waals surface area contributed by atoms with E-state index < -0.39 is 6.04 Å². The molecule has 3 N–H and O–H groups in total. The number of anilines is 1. The molecular weight excluding hydrogens is 692 g/mol. The summed E-state index contributed by atoms with van der Waals surface area (Å²) in [5.74, 6) is 0.0146. The van der Waals surface area contributed by atoms with Crippen LogP contribution >= 0.6 is 31.9 Å². The van der Waals surface area contributed by atoms with Gasteiger partial charge in [0.2, 0.25) is 5.91 Å². The quantitative estimate of drug-likeness (QED) is 0.382. The van der Waals surface area contributed by atoms with Crippen LogP contribution in [0.5, 0.6) is 5.75 Å². The lowest BCUT2D eigenvalue weighted by atomic mass is 10.0. The van der Waals surface area contributed by atoms with Gasteiger partial charge in [0.1, 0.15) is 11.8 Å². The highest BCUT2D eigenvalue weighted by molar-refractivity contribution is 9.11. The van der Waals surface area contributed by atoms with Gasteiger partial charge in [0.15, 0.2) is 0 Å². The van der Waals surface area contributed by atoms with Gasteiger partial charge in [-0.2, -0.15) is 0 Å². The molecule has 3 heterocycles. The molecule has 2 aromatic carbocycles. The molecule has 4 aliphatic rings. The summed E-state index contributed by atoms with van der Waals surface area (Å²) in [6.45, 7) is 4.57. The number of hydrogen-bond donors (Lipinski definition) is 3. The minimum atomic E-state index is -0.744. The number of carbonyl (C=O) groups is 3. The fourth-order valence-electron chi connectivity index (χ4n) is 7.11. The number of carbonyl (C=O) groups excluding carboxylic acids is 3. The van der Waals surface area contributed by atoms with Crippen LogP contribution in [0.25, 0.3) is 0 Å². The Morgan fingerprint density at radius 2 is 1.57 bits per heavy atom. The zero-order chi connectivity index (χ0) is 30.8. The van der Waals surface area contributed by atoms with E-state index in [1.807, 2.05) is 34.1 Å². The first kappa shape index (κ1) is 31.2. The van der Waals surface area contributed by atoms with Crippen molar-refractivity contribution in [2.75, 3.05) is 44.6 Å². The Bertz CT molecular complexity index is 1360. The van der Waals surface area contributed by atoms with Crippen LogP contribution in [-0.4, -0.2) is 100 Å². The van der Waals surface area contributed by atoms with E-state index in [4.69, 9.17) is 0 Å². The SMILES string of the molecule is O=C(N[C@H](Cc1cc(Br)c(O)c(Br)c1)C(=O)N1CCN(C2CCCC2)CC1)N1CCC(N2Cc3ccccc3NC2=O)CC1. The highest BCUT2D eigenvalue weighted by atomic mass is 79.9. The number of piperazine rings is 1. The van der Waals surface area contributed by atoms with E-state index in [2.05, 4.69) is 47.4 Å². The number of aromatic hydroxyl groups is 1. The molecule has 236 valence electrons. The molecule has 3 aliphatic heterocycles. The van der Waals surface area contributed by atoms with Gasteiger partial charge in [-0.1, -0.05) is 31.0 Å². The van der Waals surface area contributed by atoms with E-state index in [1.54, 1.807) is 17.0 Å². The number of phenolic OH excluding ortho intramolecular Hbond substituents is 1. The predicted molar refractivity (Wildman–Crippen MR) is 176 cm³/mol. The number of phenols is 1. The molecule has 2 saturated heterocycles. The summed E-state index contributed by atoms with van der Waals surface area (Å²) >= 11 is 6.79. The van der Waals surface area contributed by atoms with E-state index in [1.165, 1.54) is 25.7 Å². The predicted octanol–water partition coefficient (Wildman–Crippen LogP) is 5.14. The molecule has 0 bridgehead atoms. The van der Waals surface area contributed by atoms with Crippen molar-refractivity contribution >= 4 is 55.5 Å². The number of urea groups is 2. The Hall–Kier alpha value is -2.83. The molecule has 0 aromatic heterocycles. The molecule has 0 unspecified atom stereocenters. The number of amides is 5. The monoisotopic (exact) mass is 730 g/mol. The first-order chi connectivity index (χ1) is 21.3. The number of para-hydroxylation sites is 1. The van der Waals surface area contributed by atoms with Crippen LogP contribution in [0.1, 0.15) is 49.7 Å². The highest BCUT2D eigenvalue weighted by Crippen LogP contribution is 2.34. The van der Waals surface area contributed by atoms with Gasteiger partial charge in [0, 0.05) is 70.0 Å². The van der Waals surface area contributed by atoms with Crippen LogP contribution in [0.15, 0.2) is 45.3 Å². The number of benzene rings is 2. The van der Waals surface area contributed by atoms with Crippen molar-refractivity contribution in [1.29, 1.82) is 0 Å². The third-order valence-electron chi connectivity index (χ3n) is 9.63. The normalized spacial score (nSPS) is 20.8. The summed E-state index contributed by atoms with van der Waals surface area (Å²) in [4.78, 5) is 48.4. The molecule has 1 saturated carbocycles. The van der Waals surface area contributed by atoms with Gasteiger partial charge in [-0.3, -0.25) is 9.69 Å². The molecule has 5 amide bonds. The first-order valence-electron chi connectivity index (χ1n) is 15.7. The van der Waals surface area contributed by atoms with Gasteiger partial charge in [-0.25, -0.2) is 9.59 Å². The molecule has 1 aliphatic carbocycles. The molecule has 0 spiro atoms. The van der Waals surface area contributed by atoms with Gasteiger partial charge < -0.3 is 30.4 Å². The summed E-state index contributed by atoms with van der Waals surface area (Å²) in [7, 11) is 0. The third-order valence-corrected chi connectivity index (χ3v) is 10.8. The van der Waals surface area contributed by atoms with Crippen LogP contribution in [0.4, 0.5) is 15.3 Å². The first-order valence-corrected chi connectivity index (χ1v) is 17.3. The topological polar surface area (TPSA) is 108 Å². The van der Waals surface area contributed by atoms with Crippen LogP contribution in [0, 0.1) is 0 Å². The zero-order valence-corrected chi connectivity index (χ0v) is 28.0. The van der Waals surface area contributed by atoms with E-state index in [0.29, 0.717) is 67.0 Å². The van der Waals surface area contributed by atoms with Crippen molar-refractivity contribution in [3.8, 4) is 5.75 Å². The van der Waals surface area contributed by atoms with Crippen molar-refractivity contribution < 1.29 is 19.5 Å². The molecule has 3 fully saturated rings. The Morgan fingerprint density at radius 3 is 2.25 bits per heavy atom. The maximum Gasteiger partial charge on any atom is 0.322 e. The average molecular weight is 733 g/mol. The molecule has 2 aromatic rings. The van der Waals surface area contributed by atoms with Gasteiger partial charge in [0.25, 0.3) is 0 Å². The fourth-order valence-corrected chi connectivity index (χ4v) is 8.39. The summed E-state index contributed by atoms with van der Waals surface area (Å²) in [6, 6.07) is 11.0. The van der Waals surface area contributed by atoms with Gasteiger partial charge in [-0.05, 0) is 86.9 Å². The molecule has 44 heavy (non-hydrogen) atoms. The Kier molecular flexibility index (Phi) is 9.68. The number of halogens is 2. The lowest BCUT2D eigenvalue weighted by Gasteiger charge is -2.41. The van der Waals surface area contributed by atoms with E-state index in [9.17, 15) is 19.5 Å². The van der Waals surface area contributed by atoms with E-state index in [0.717, 1.165) is 29.9 Å². The van der Waals surface area contributed by atoms with E-state index >= 15 is 0 Å². The molecule has 1 atom stereocenters. The van der Waals surface area contributed by atoms with Gasteiger partial charge in [-0.15, -0.1) is 0 Å². The summed E-state index contributed by atoms with van der Waals surface area (Å²) in [5.41, 5.74) is 2.76. The number of likely N-dealkylation sites (tertiary alicyclic amines) is 1. The maximum absolute atomic E-state index is 13.9. The van der Waals surface area contributed by atoms with Crippen molar-refractivity contribution in [2.45, 2.75) is 69.6 Å². The second-order valence-electron chi connectivity index (χ2n) is 12.3. The summed E-state index contributed by atoms with van der Waals surface area (Å²) < 4.78 is 1.05. The number of fused-ring (bicyclic) bond motifs is 1. The molecule has 6 rings (SSSR count). The molecule has 10 nitrogen and oxygen atoms in total. The largest absolute Gasteiger partial charge is 0.506 e. The molecular formula is C32H40Br2N6O4. The van der Waals surface area contributed by atoms with E-state index in [-0.39, 0.29) is 29.8 Å². The lowest BCUT2D eigenvalue weighted by Crippen LogP contribution is -2.59. The standard InChI is InChI=1S/C32H40Br2N6O4/c33-25-17-21(18-26(34)29(25)41)19-28(30(42)38-15-13-37(14-16-38)23-6-2-3-7-23)36-31(43)39-11-9-24(10-12-39)40-20-22-5-1-4-8-27(22)35-32(40)44/h1,4-5,8,17-18,23-24,28,41H,2-3,6-7,9-16,19-20H2,(H,35,44)(H,36,43)/t28-/m1/s1.